The van der Waals surface area contributed by atoms with Gasteiger partial charge in [-0.3, -0.25) is 0 Å². The molecular weight excluding hydrogens is 209 g/mol. The van der Waals surface area contributed by atoms with Gasteiger partial charge in [0.05, 0.1) is 18.1 Å². The van der Waals surface area contributed by atoms with Crippen molar-refractivity contribution in [3.63, 3.8) is 0 Å². The van der Waals surface area contributed by atoms with Gasteiger partial charge in [-0.05, 0) is 24.6 Å². The molecule has 82 valence electrons. The number of halogens is 1. The molecule has 0 saturated heterocycles. The minimum absolute atomic E-state index is 0.0666. The first kappa shape index (κ1) is 10.4. The number of nitrogens with two attached hydrogens (primary N) is 1. The number of ether oxygens (including phenoxy) is 1. The van der Waals surface area contributed by atoms with Crippen molar-refractivity contribution in [2.75, 3.05) is 5.73 Å². The van der Waals surface area contributed by atoms with Crippen molar-refractivity contribution in [1.82, 2.24) is 9.97 Å². The first-order valence-electron chi connectivity index (χ1n) is 4.66. The summed E-state index contributed by atoms with van der Waals surface area (Å²) >= 11 is 0. The van der Waals surface area contributed by atoms with Crippen molar-refractivity contribution in [1.29, 1.82) is 0 Å². The molecule has 0 radical (unpaired) electrons. The molecule has 0 aliphatic rings. The number of rotatable bonds is 2. The van der Waals surface area contributed by atoms with Crippen LogP contribution in [0.5, 0.6) is 11.8 Å². The molecule has 16 heavy (non-hydrogen) atoms. The molecule has 0 spiro atoms. The van der Waals surface area contributed by atoms with Crippen LogP contribution in [0.4, 0.5) is 10.1 Å². The maximum Gasteiger partial charge on any atom is 0.322 e. The number of nitrogens with zero attached hydrogens (tertiary/aromatic N) is 2. The summed E-state index contributed by atoms with van der Waals surface area (Å²) in [5.74, 6) is -0.0542. The predicted octanol–water partition coefficient (Wildman–Crippen LogP) is 2.30. The van der Waals surface area contributed by atoms with Crippen LogP contribution in [0.25, 0.3) is 0 Å². The van der Waals surface area contributed by atoms with E-state index in [4.69, 9.17) is 10.5 Å². The Bertz CT molecular complexity index is 499. The van der Waals surface area contributed by atoms with Gasteiger partial charge in [-0.1, -0.05) is 6.07 Å². The fourth-order valence-corrected chi connectivity index (χ4v) is 1.21. The average molecular weight is 219 g/mol. The summed E-state index contributed by atoms with van der Waals surface area (Å²) < 4.78 is 17.9. The molecule has 2 aromatic rings. The van der Waals surface area contributed by atoms with E-state index in [1.54, 1.807) is 12.1 Å². The molecule has 0 atom stereocenters. The summed E-state index contributed by atoms with van der Waals surface area (Å²) in [5, 5.41) is 0. The molecule has 1 aromatic heterocycles. The van der Waals surface area contributed by atoms with Crippen molar-refractivity contribution in [3.05, 3.63) is 42.0 Å². The van der Waals surface area contributed by atoms with E-state index >= 15 is 0 Å². The van der Waals surface area contributed by atoms with Gasteiger partial charge < -0.3 is 10.5 Å². The van der Waals surface area contributed by atoms with Gasteiger partial charge in [0.15, 0.2) is 11.6 Å². The van der Waals surface area contributed by atoms with E-state index in [0.29, 0.717) is 11.4 Å². The third kappa shape index (κ3) is 2.25. The van der Waals surface area contributed by atoms with E-state index in [2.05, 4.69) is 9.97 Å². The smallest absolute Gasteiger partial charge is 0.322 e. The molecule has 2 rings (SSSR count). The lowest BCUT2D eigenvalue weighted by Gasteiger charge is -2.06. The lowest BCUT2D eigenvalue weighted by molar-refractivity contribution is 0.438. The third-order valence-corrected chi connectivity index (χ3v) is 1.96. The summed E-state index contributed by atoms with van der Waals surface area (Å²) in [4.78, 5) is 7.35. The summed E-state index contributed by atoms with van der Waals surface area (Å²) in [6.45, 7) is 1.93. The second-order valence-corrected chi connectivity index (χ2v) is 3.33. The fraction of sp³-hybridized carbons (Fsp3) is 0.0909. The Kier molecular flexibility index (Phi) is 2.68. The molecule has 0 saturated carbocycles. The molecule has 4 nitrogen and oxygen atoms in total. The molecule has 0 aliphatic heterocycles. The van der Waals surface area contributed by atoms with Gasteiger partial charge in [-0.25, -0.2) is 14.4 Å². The quantitative estimate of drug-likeness (QED) is 0.787. The maximum atomic E-state index is 12.6. The van der Waals surface area contributed by atoms with E-state index in [0.717, 1.165) is 18.0 Å². The SMILES string of the molecule is Cc1ccc(Oc2ncc(F)cn2)c(N)c1. The van der Waals surface area contributed by atoms with E-state index < -0.39 is 5.82 Å². The van der Waals surface area contributed by atoms with Crippen LogP contribution in [-0.2, 0) is 0 Å². The van der Waals surface area contributed by atoms with Crippen molar-refractivity contribution in [2.45, 2.75) is 6.92 Å². The lowest BCUT2D eigenvalue weighted by atomic mass is 10.2. The molecular formula is C11H10FN3O. The first-order valence-corrected chi connectivity index (χ1v) is 4.66. The normalized spacial score (nSPS) is 10.1. The van der Waals surface area contributed by atoms with E-state index in [9.17, 15) is 4.39 Å². The number of nitrogen functional groups attached to an aromatic ring is 1. The molecule has 0 aliphatic carbocycles. The Morgan fingerprint density at radius 1 is 1.25 bits per heavy atom. The van der Waals surface area contributed by atoms with E-state index in [1.165, 1.54) is 0 Å². The molecule has 0 amide bonds. The van der Waals surface area contributed by atoms with Crippen LogP contribution in [0.1, 0.15) is 5.56 Å². The Morgan fingerprint density at radius 3 is 2.56 bits per heavy atom. The predicted molar refractivity (Wildman–Crippen MR) is 57.7 cm³/mol. The van der Waals surface area contributed by atoms with Gasteiger partial charge in [0, 0.05) is 0 Å². The molecule has 5 heteroatoms. The fourth-order valence-electron chi connectivity index (χ4n) is 1.21. The van der Waals surface area contributed by atoms with Gasteiger partial charge >= 0.3 is 6.01 Å². The minimum Gasteiger partial charge on any atom is -0.422 e. The minimum atomic E-state index is -0.510. The molecule has 1 aromatic carbocycles. The highest BCUT2D eigenvalue weighted by molar-refractivity contribution is 5.54. The number of aryl methyl sites for hydroxylation is 1. The summed E-state index contributed by atoms with van der Waals surface area (Å²) in [5.41, 5.74) is 7.27. The number of benzene rings is 1. The molecule has 0 bridgehead atoms. The van der Waals surface area contributed by atoms with Crippen LogP contribution in [-0.4, -0.2) is 9.97 Å². The molecule has 1 heterocycles. The number of hydrogen-bond donors (Lipinski definition) is 1. The van der Waals surface area contributed by atoms with Crippen molar-refractivity contribution < 1.29 is 9.13 Å². The van der Waals surface area contributed by atoms with Crippen molar-refractivity contribution in [3.8, 4) is 11.8 Å². The van der Waals surface area contributed by atoms with Gasteiger partial charge in [0.2, 0.25) is 0 Å². The standard InChI is InChI=1S/C11H10FN3O/c1-7-2-3-10(9(13)4-7)16-11-14-5-8(12)6-15-11/h2-6H,13H2,1H3. The Balaban J connectivity index is 2.23. The second-order valence-electron chi connectivity index (χ2n) is 3.33. The average Bonchev–Trinajstić information content (AvgIpc) is 2.25. The topological polar surface area (TPSA) is 61.0 Å². The number of anilines is 1. The van der Waals surface area contributed by atoms with Crippen LogP contribution in [0.3, 0.4) is 0 Å². The summed E-state index contributed by atoms with van der Waals surface area (Å²) in [7, 11) is 0. The van der Waals surface area contributed by atoms with Crippen LogP contribution in [0.2, 0.25) is 0 Å². The Labute approximate surface area is 91.9 Å². The van der Waals surface area contributed by atoms with Crippen molar-refractivity contribution >= 4 is 5.69 Å². The van der Waals surface area contributed by atoms with Crippen LogP contribution in [0, 0.1) is 12.7 Å². The summed E-state index contributed by atoms with van der Waals surface area (Å²) in [6.07, 6.45) is 2.07. The molecule has 0 fully saturated rings. The van der Waals surface area contributed by atoms with Crippen LogP contribution >= 0.6 is 0 Å². The summed E-state index contributed by atoms with van der Waals surface area (Å²) in [6, 6.07) is 5.42. The van der Waals surface area contributed by atoms with Crippen molar-refractivity contribution in [2.24, 2.45) is 0 Å². The number of aromatic nitrogens is 2. The maximum absolute atomic E-state index is 12.6. The van der Waals surface area contributed by atoms with Crippen LogP contribution < -0.4 is 10.5 Å². The highest BCUT2D eigenvalue weighted by atomic mass is 19.1. The monoisotopic (exact) mass is 219 g/mol. The zero-order valence-corrected chi connectivity index (χ0v) is 8.64. The first-order chi connectivity index (χ1) is 7.65. The third-order valence-electron chi connectivity index (χ3n) is 1.96. The van der Waals surface area contributed by atoms with Gasteiger partial charge in [0.25, 0.3) is 0 Å². The van der Waals surface area contributed by atoms with Gasteiger partial charge in [0.1, 0.15) is 0 Å². The Hall–Kier alpha value is -2.17. The zero-order valence-electron chi connectivity index (χ0n) is 8.64. The molecule has 0 unspecified atom stereocenters. The highest BCUT2D eigenvalue weighted by Crippen LogP contribution is 2.25. The lowest BCUT2D eigenvalue weighted by Crippen LogP contribution is -1.96. The highest BCUT2D eigenvalue weighted by Gasteiger charge is 2.04. The second kappa shape index (κ2) is 4.14. The van der Waals surface area contributed by atoms with Gasteiger partial charge in [-0.15, -0.1) is 0 Å². The zero-order chi connectivity index (χ0) is 11.5. The Morgan fingerprint density at radius 2 is 1.94 bits per heavy atom. The van der Waals surface area contributed by atoms with E-state index in [-0.39, 0.29) is 6.01 Å². The largest absolute Gasteiger partial charge is 0.422 e. The van der Waals surface area contributed by atoms with Crippen LogP contribution in [0.15, 0.2) is 30.6 Å². The molecule has 2 N–H and O–H groups in total. The van der Waals surface area contributed by atoms with E-state index in [1.807, 2.05) is 13.0 Å². The number of hydrogen-bond acceptors (Lipinski definition) is 4. The van der Waals surface area contributed by atoms with Gasteiger partial charge in [-0.2, -0.15) is 0 Å².